The van der Waals surface area contributed by atoms with E-state index in [1.165, 1.54) is 15.3 Å². The molecular formula is C13H19N3S. The van der Waals surface area contributed by atoms with Crippen LogP contribution in [0.2, 0.25) is 0 Å². The predicted molar refractivity (Wildman–Crippen MR) is 72.2 cm³/mol. The van der Waals surface area contributed by atoms with Crippen molar-refractivity contribution in [1.29, 1.82) is 0 Å². The number of thiophene rings is 1. The van der Waals surface area contributed by atoms with Crippen molar-refractivity contribution in [3.8, 4) is 0 Å². The Kier molecular flexibility index (Phi) is 3.97. The Morgan fingerprint density at radius 2 is 2.18 bits per heavy atom. The normalized spacial score (nSPS) is 12.9. The lowest BCUT2D eigenvalue weighted by atomic mass is 10.2. The first-order chi connectivity index (χ1) is 8.19. The highest BCUT2D eigenvalue weighted by Gasteiger charge is 2.07. The number of nitrogens with zero attached hydrogens (tertiary/aromatic N) is 2. The minimum atomic E-state index is 0.343. The number of aromatic nitrogens is 2. The molecule has 0 radical (unpaired) electrons. The van der Waals surface area contributed by atoms with Crippen molar-refractivity contribution in [1.82, 2.24) is 15.1 Å². The highest BCUT2D eigenvalue weighted by atomic mass is 32.1. The molecule has 2 aromatic rings. The lowest BCUT2D eigenvalue weighted by molar-refractivity contribution is 0.578. The standard InChI is InChI=1S/C13H19N3S/c1-4-12-5-6-13(17-12)8-14-10(2)11-7-15-16(3)9-11/h5-7,9-10,14H,4,8H2,1-3H3. The lowest BCUT2D eigenvalue weighted by Crippen LogP contribution is -2.16. The number of hydrogen-bond acceptors (Lipinski definition) is 3. The zero-order valence-electron chi connectivity index (χ0n) is 10.6. The van der Waals surface area contributed by atoms with Crippen LogP contribution in [0.5, 0.6) is 0 Å². The summed E-state index contributed by atoms with van der Waals surface area (Å²) in [7, 11) is 1.95. The fraction of sp³-hybridized carbons (Fsp3) is 0.462. The van der Waals surface area contributed by atoms with Crippen LogP contribution in [0.1, 0.15) is 35.2 Å². The molecule has 0 amide bonds. The summed E-state index contributed by atoms with van der Waals surface area (Å²) in [4.78, 5) is 2.86. The van der Waals surface area contributed by atoms with E-state index < -0.39 is 0 Å². The van der Waals surface area contributed by atoms with E-state index in [1.54, 1.807) is 0 Å². The molecule has 2 rings (SSSR count). The molecule has 0 saturated heterocycles. The van der Waals surface area contributed by atoms with Crippen molar-refractivity contribution in [2.24, 2.45) is 7.05 Å². The molecule has 17 heavy (non-hydrogen) atoms. The minimum absolute atomic E-state index is 0.343. The second-order valence-corrected chi connectivity index (χ2v) is 5.52. The number of nitrogens with one attached hydrogen (secondary N) is 1. The van der Waals surface area contributed by atoms with E-state index in [0.29, 0.717) is 6.04 Å². The third-order valence-electron chi connectivity index (χ3n) is 2.87. The van der Waals surface area contributed by atoms with E-state index in [0.717, 1.165) is 13.0 Å². The SMILES string of the molecule is CCc1ccc(CNC(C)c2cnn(C)c2)s1. The monoisotopic (exact) mass is 249 g/mol. The van der Waals surface area contributed by atoms with Crippen LogP contribution in [-0.2, 0) is 20.0 Å². The van der Waals surface area contributed by atoms with Crippen molar-refractivity contribution in [2.45, 2.75) is 32.9 Å². The molecular weight excluding hydrogens is 230 g/mol. The molecule has 0 aromatic carbocycles. The van der Waals surface area contributed by atoms with Crippen LogP contribution in [0.25, 0.3) is 0 Å². The maximum atomic E-state index is 4.19. The molecule has 2 aromatic heterocycles. The predicted octanol–water partition coefficient (Wildman–Crippen LogP) is 2.89. The van der Waals surface area contributed by atoms with Gasteiger partial charge < -0.3 is 5.32 Å². The van der Waals surface area contributed by atoms with Gasteiger partial charge in [-0.25, -0.2) is 0 Å². The highest BCUT2D eigenvalue weighted by molar-refractivity contribution is 7.11. The van der Waals surface area contributed by atoms with Crippen molar-refractivity contribution >= 4 is 11.3 Å². The Morgan fingerprint density at radius 3 is 2.76 bits per heavy atom. The second kappa shape index (κ2) is 5.47. The minimum Gasteiger partial charge on any atom is -0.305 e. The van der Waals surface area contributed by atoms with Gasteiger partial charge in [-0.05, 0) is 25.5 Å². The molecule has 92 valence electrons. The first-order valence-corrected chi connectivity index (χ1v) is 6.80. The third-order valence-corrected chi connectivity index (χ3v) is 4.10. The van der Waals surface area contributed by atoms with E-state index in [-0.39, 0.29) is 0 Å². The van der Waals surface area contributed by atoms with Gasteiger partial charge in [-0.1, -0.05) is 6.92 Å². The quantitative estimate of drug-likeness (QED) is 0.883. The van der Waals surface area contributed by atoms with E-state index in [1.807, 2.05) is 29.3 Å². The summed E-state index contributed by atoms with van der Waals surface area (Å²) in [5, 5.41) is 7.71. The van der Waals surface area contributed by atoms with E-state index in [9.17, 15) is 0 Å². The molecule has 0 spiro atoms. The van der Waals surface area contributed by atoms with Crippen LogP contribution in [0.15, 0.2) is 24.5 Å². The van der Waals surface area contributed by atoms with Crippen LogP contribution < -0.4 is 5.32 Å². The van der Waals surface area contributed by atoms with Crippen LogP contribution in [0, 0.1) is 0 Å². The molecule has 0 bridgehead atoms. The average molecular weight is 249 g/mol. The molecule has 0 aliphatic heterocycles. The van der Waals surface area contributed by atoms with Crippen molar-refractivity contribution in [2.75, 3.05) is 0 Å². The van der Waals surface area contributed by atoms with Gasteiger partial charge in [0.1, 0.15) is 0 Å². The Morgan fingerprint density at radius 1 is 1.41 bits per heavy atom. The van der Waals surface area contributed by atoms with Gasteiger partial charge in [-0.15, -0.1) is 11.3 Å². The van der Waals surface area contributed by atoms with Crippen LogP contribution in [-0.4, -0.2) is 9.78 Å². The molecule has 3 nitrogen and oxygen atoms in total. The first-order valence-electron chi connectivity index (χ1n) is 5.98. The smallest absolute Gasteiger partial charge is 0.0537 e. The number of rotatable bonds is 5. The molecule has 0 fully saturated rings. The number of hydrogen-bond donors (Lipinski definition) is 1. The first kappa shape index (κ1) is 12.3. The van der Waals surface area contributed by atoms with Gasteiger partial charge in [-0.2, -0.15) is 5.10 Å². The van der Waals surface area contributed by atoms with Crippen LogP contribution >= 0.6 is 11.3 Å². The summed E-state index contributed by atoms with van der Waals surface area (Å²) in [6, 6.07) is 4.78. The van der Waals surface area contributed by atoms with Gasteiger partial charge in [0, 0.05) is 41.1 Å². The Balaban J connectivity index is 1.89. The summed E-state index contributed by atoms with van der Waals surface area (Å²) in [6.07, 6.45) is 5.11. The Labute approximate surface area is 106 Å². The maximum Gasteiger partial charge on any atom is 0.0537 e. The Bertz CT molecular complexity index is 472. The van der Waals surface area contributed by atoms with E-state index in [2.05, 4.69) is 42.6 Å². The van der Waals surface area contributed by atoms with E-state index >= 15 is 0 Å². The molecule has 1 atom stereocenters. The van der Waals surface area contributed by atoms with Gasteiger partial charge in [-0.3, -0.25) is 4.68 Å². The molecule has 0 aliphatic carbocycles. The molecule has 1 unspecified atom stereocenters. The van der Waals surface area contributed by atoms with Gasteiger partial charge in [0.15, 0.2) is 0 Å². The van der Waals surface area contributed by atoms with Crippen LogP contribution in [0.4, 0.5) is 0 Å². The molecule has 0 aliphatic rings. The summed E-state index contributed by atoms with van der Waals surface area (Å²) in [5.41, 5.74) is 1.24. The van der Waals surface area contributed by atoms with Gasteiger partial charge in [0.05, 0.1) is 6.20 Å². The largest absolute Gasteiger partial charge is 0.305 e. The van der Waals surface area contributed by atoms with Gasteiger partial charge >= 0.3 is 0 Å². The summed E-state index contributed by atoms with van der Waals surface area (Å²) in [6.45, 7) is 5.30. The zero-order valence-corrected chi connectivity index (χ0v) is 11.4. The molecule has 4 heteroatoms. The molecule has 1 N–H and O–H groups in total. The van der Waals surface area contributed by atoms with Gasteiger partial charge in [0.25, 0.3) is 0 Å². The molecule has 0 saturated carbocycles. The van der Waals surface area contributed by atoms with Crippen molar-refractivity contribution in [3.05, 3.63) is 39.8 Å². The van der Waals surface area contributed by atoms with Crippen molar-refractivity contribution < 1.29 is 0 Å². The lowest BCUT2D eigenvalue weighted by Gasteiger charge is -2.10. The maximum absolute atomic E-state index is 4.19. The summed E-state index contributed by atoms with van der Waals surface area (Å²) < 4.78 is 1.84. The zero-order chi connectivity index (χ0) is 12.3. The average Bonchev–Trinajstić information content (AvgIpc) is 2.94. The molecule has 2 heterocycles. The topological polar surface area (TPSA) is 29.9 Å². The fourth-order valence-electron chi connectivity index (χ4n) is 1.74. The fourth-order valence-corrected chi connectivity index (χ4v) is 2.65. The summed E-state index contributed by atoms with van der Waals surface area (Å²) in [5.74, 6) is 0. The van der Waals surface area contributed by atoms with E-state index in [4.69, 9.17) is 0 Å². The number of aryl methyl sites for hydroxylation is 2. The van der Waals surface area contributed by atoms with Crippen molar-refractivity contribution in [3.63, 3.8) is 0 Å². The van der Waals surface area contributed by atoms with Gasteiger partial charge in [0.2, 0.25) is 0 Å². The highest BCUT2D eigenvalue weighted by Crippen LogP contribution is 2.18. The Hall–Kier alpha value is -1.13. The van der Waals surface area contributed by atoms with Crippen LogP contribution in [0.3, 0.4) is 0 Å². The second-order valence-electron chi connectivity index (χ2n) is 4.27. The summed E-state index contributed by atoms with van der Waals surface area (Å²) >= 11 is 1.89. The third kappa shape index (κ3) is 3.17.